The molecule has 5 N–H and O–H groups in total. The van der Waals surface area contributed by atoms with Crippen LogP contribution in [-0.2, 0) is 12.7 Å². The van der Waals surface area contributed by atoms with Crippen molar-refractivity contribution < 1.29 is 17.9 Å². The number of rotatable bonds is 6. The second-order valence-electron chi connectivity index (χ2n) is 5.65. The summed E-state index contributed by atoms with van der Waals surface area (Å²) >= 11 is 0.886. The summed E-state index contributed by atoms with van der Waals surface area (Å²) in [5.41, 5.74) is -1.56. The standard InChI is InChI=1S/C16H19F3N6O2S/c1-9-13(16(17,18)19)22-15(26)23-14(9)28-8-12(24-20)25(21)7-10-3-5-11(27-2)6-4-10/h3-6H,7-8,20-21H2,1-2H3,(H,22,23,26)/b24-12-. The molecule has 0 saturated carbocycles. The van der Waals surface area contributed by atoms with E-state index in [0.717, 1.165) is 17.3 Å². The molecule has 28 heavy (non-hydrogen) atoms. The number of aromatic amines is 1. The van der Waals surface area contributed by atoms with Gasteiger partial charge in [0.25, 0.3) is 0 Å². The van der Waals surface area contributed by atoms with Crippen LogP contribution in [0.5, 0.6) is 5.75 Å². The zero-order valence-corrected chi connectivity index (χ0v) is 15.9. The Morgan fingerprint density at radius 3 is 2.54 bits per heavy atom. The molecule has 0 aliphatic carbocycles. The molecule has 0 aliphatic rings. The zero-order valence-electron chi connectivity index (χ0n) is 15.1. The number of hydrazone groups is 1. The number of thioether (sulfide) groups is 1. The minimum absolute atomic E-state index is 0.0255. The number of hydrogen-bond donors (Lipinski definition) is 3. The first-order valence-corrected chi connectivity index (χ1v) is 8.87. The molecule has 2 rings (SSSR count). The van der Waals surface area contributed by atoms with E-state index >= 15 is 0 Å². The van der Waals surface area contributed by atoms with E-state index in [0.29, 0.717) is 5.75 Å². The smallest absolute Gasteiger partial charge is 0.431 e. The third kappa shape index (κ3) is 5.39. The van der Waals surface area contributed by atoms with Crippen LogP contribution in [0.4, 0.5) is 13.2 Å². The molecule has 0 saturated heterocycles. The van der Waals surface area contributed by atoms with Crippen molar-refractivity contribution in [3.63, 3.8) is 0 Å². The zero-order chi connectivity index (χ0) is 20.9. The molecular formula is C16H19F3N6O2S. The van der Waals surface area contributed by atoms with Gasteiger partial charge in [-0.2, -0.15) is 23.3 Å². The largest absolute Gasteiger partial charge is 0.497 e. The summed E-state index contributed by atoms with van der Waals surface area (Å²) in [7, 11) is 1.55. The molecule has 1 aromatic heterocycles. The molecule has 0 radical (unpaired) electrons. The van der Waals surface area contributed by atoms with E-state index < -0.39 is 17.6 Å². The summed E-state index contributed by atoms with van der Waals surface area (Å²) in [4.78, 5) is 16.8. The van der Waals surface area contributed by atoms with E-state index in [2.05, 4.69) is 10.1 Å². The van der Waals surface area contributed by atoms with Crippen LogP contribution in [0.25, 0.3) is 0 Å². The monoisotopic (exact) mass is 416 g/mol. The number of halogens is 3. The number of benzene rings is 1. The molecule has 1 aromatic carbocycles. The summed E-state index contributed by atoms with van der Waals surface area (Å²) in [6.07, 6.45) is -4.69. The molecular weight excluding hydrogens is 397 g/mol. The Balaban J connectivity index is 2.11. The highest BCUT2D eigenvalue weighted by Crippen LogP contribution is 2.32. The number of H-pyrrole nitrogens is 1. The van der Waals surface area contributed by atoms with Gasteiger partial charge >= 0.3 is 11.9 Å². The van der Waals surface area contributed by atoms with Crippen molar-refractivity contribution in [3.05, 3.63) is 51.6 Å². The second-order valence-corrected chi connectivity index (χ2v) is 6.62. The van der Waals surface area contributed by atoms with Gasteiger partial charge in [0.1, 0.15) is 22.3 Å². The Labute approximate surface area is 162 Å². The van der Waals surface area contributed by atoms with E-state index in [-0.39, 0.29) is 28.7 Å². The highest BCUT2D eigenvalue weighted by atomic mass is 32.2. The van der Waals surface area contributed by atoms with Crippen molar-refractivity contribution in [1.29, 1.82) is 0 Å². The van der Waals surface area contributed by atoms with Gasteiger partial charge in [0.05, 0.1) is 19.4 Å². The lowest BCUT2D eigenvalue weighted by atomic mass is 10.2. The van der Waals surface area contributed by atoms with E-state index in [1.54, 1.807) is 36.4 Å². The van der Waals surface area contributed by atoms with E-state index in [4.69, 9.17) is 16.4 Å². The number of aromatic nitrogens is 2. The van der Waals surface area contributed by atoms with Crippen molar-refractivity contribution in [3.8, 4) is 5.75 Å². The number of methoxy groups -OCH3 is 1. The van der Waals surface area contributed by atoms with Gasteiger partial charge in [0.15, 0.2) is 0 Å². The van der Waals surface area contributed by atoms with Gasteiger partial charge in [-0.3, -0.25) is 5.01 Å². The third-order valence-corrected chi connectivity index (χ3v) is 4.82. The van der Waals surface area contributed by atoms with Crippen LogP contribution < -0.4 is 22.1 Å². The fraction of sp³-hybridized carbons (Fsp3) is 0.312. The van der Waals surface area contributed by atoms with E-state index in [1.165, 1.54) is 11.9 Å². The Hall–Kier alpha value is -2.73. The van der Waals surface area contributed by atoms with Crippen molar-refractivity contribution in [2.45, 2.75) is 24.7 Å². The van der Waals surface area contributed by atoms with Crippen LogP contribution in [0.15, 0.2) is 39.2 Å². The fourth-order valence-corrected chi connectivity index (χ4v) is 3.25. The van der Waals surface area contributed by atoms with Gasteiger partial charge in [-0.05, 0) is 24.6 Å². The lowest BCUT2D eigenvalue weighted by molar-refractivity contribution is -0.142. The molecule has 0 unspecified atom stereocenters. The van der Waals surface area contributed by atoms with E-state index in [9.17, 15) is 18.0 Å². The quantitative estimate of drug-likeness (QED) is 0.164. The highest BCUT2D eigenvalue weighted by molar-refractivity contribution is 8.00. The molecule has 0 atom stereocenters. The summed E-state index contributed by atoms with van der Waals surface area (Å²) in [6, 6.07) is 7.13. The average Bonchev–Trinajstić information content (AvgIpc) is 2.64. The summed E-state index contributed by atoms with van der Waals surface area (Å²) < 4.78 is 44.1. The number of ether oxygens (including phenoxy) is 1. The van der Waals surface area contributed by atoms with Gasteiger partial charge in [0, 0.05) is 5.56 Å². The molecule has 0 fully saturated rings. The molecule has 1 heterocycles. The van der Waals surface area contributed by atoms with Gasteiger partial charge in [-0.15, -0.1) is 0 Å². The Kier molecular flexibility index (Phi) is 6.91. The molecule has 152 valence electrons. The Morgan fingerprint density at radius 2 is 2.00 bits per heavy atom. The molecule has 0 amide bonds. The second kappa shape index (κ2) is 8.97. The molecule has 8 nitrogen and oxygen atoms in total. The van der Waals surface area contributed by atoms with Gasteiger partial charge in [-0.1, -0.05) is 23.9 Å². The lowest BCUT2D eigenvalue weighted by Crippen LogP contribution is -2.39. The molecule has 0 bridgehead atoms. The maximum atomic E-state index is 13.0. The van der Waals surface area contributed by atoms with E-state index in [1.807, 2.05) is 0 Å². The van der Waals surface area contributed by atoms with Crippen LogP contribution in [0.2, 0.25) is 0 Å². The number of hydrogen-bond acceptors (Lipinski definition) is 7. The molecule has 0 aliphatic heterocycles. The summed E-state index contributed by atoms with van der Waals surface area (Å²) in [5.74, 6) is 12.3. The first-order chi connectivity index (χ1) is 13.2. The summed E-state index contributed by atoms with van der Waals surface area (Å²) in [5, 5.41) is 4.78. The Bertz CT molecular complexity index is 899. The van der Waals surface area contributed by atoms with Gasteiger partial charge in [-0.25, -0.2) is 10.6 Å². The Morgan fingerprint density at radius 1 is 1.36 bits per heavy atom. The number of hydrazine groups is 1. The van der Waals surface area contributed by atoms with Crippen molar-refractivity contribution in [1.82, 2.24) is 15.0 Å². The van der Waals surface area contributed by atoms with Crippen LogP contribution in [0.3, 0.4) is 0 Å². The lowest BCUT2D eigenvalue weighted by Gasteiger charge is -2.20. The van der Waals surface area contributed by atoms with Gasteiger partial charge in [0.2, 0.25) is 0 Å². The number of nitrogens with zero attached hydrogens (tertiary/aromatic N) is 3. The van der Waals surface area contributed by atoms with Crippen LogP contribution in [-0.4, -0.2) is 33.7 Å². The van der Waals surface area contributed by atoms with Crippen molar-refractivity contribution in [2.24, 2.45) is 16.8 Å². The number of alkyl halides is 3. The molecule has 12 heteroatoms. The van der Waals surface area contributed by atoms with Crippen LogP contribution in [0.1, 0.15) is 16.8 Å². The maximum Gasteiger partial charge on any atom is 0.431 e. The van der Waals surface area contributed by atoms with Crippen molar-refractivity contribution in [2.75, 3.05) is 12.9 Å². The van der Waals surface area contributed by atoms with Crippen LogP contribution in [0, 0.1) is 6.92 Å². The summed E-state index contributed by atoms with van der Waals surface area (Å²) in [6.45, 7) is 1.49. The minimum atomic E-state index is -4.69. The number of nitrogens with one attached hydrogen (secondary N) is 1. The molecule has 2 aromatic rings. The average molecular weight is 416 g/mol. The predicted molar refractivity (Wildman–Crippen MR) is 99.7 cm³/mol. The normalized spacial score (nSPS) is 12.1. The third-order valence-electron chi connectivity index (χ3n) is 3.74. The minimum Gasteiger partial charge on any atom is -0.497 e. The molecule has 0 spiro atoms. The van der Waals surface area contributed by atoms with Crippen molar-refractivity contribution >= 4 is 17.6 Å². The van der Waals surface area contributed by atoms with Crippen LogP contribution >= 0.6 is 11.8 Å². The SMILES string of the molecule is COc1ccc(CN(N)/C(CSc2nc(=O)[nH]c(C(F)(F)F)c2C)=N\N)cc1. The van der Waals surface area contributed by atoms with Gasteiger partial charge < -0.3 is 15.6 Å². The maximum absolute atomic E-state index is 13.0. The predicted octanol–water partition coefficient (Wildman–Crippen LogP) is 1.85. The first kappa shape index (κ1) is 21.6. The first-order valence-electron chi connectivity index (χ1n) is 7.88. The number of nitrogens with two attached hydrogens (primary N) is 2. The number of amidine groups is 1. The topological polar surface area (TPSA) is 123 Å². The highest BCUT2D eigenvalue weighted by Gasteiger charge is 2.35. The fourth-order valence-electron chi connectivity index (χ4n) is 2.28.